The van der Waals surface area contributed by atoms with Gasteiger partial charge in [0.25, 0.3) is 0 Å². The van der Waals surface area contributed by atoms with Gasteiger partial charge in [-0.05, 0) is 31.2 Å². The predicted octanol–water partition coefficient (Wildman–Crippen LogP) is 1.65. The van der Waals surface area contributed by atoms with Gasteiger partial charge < -0.3 is 15.4 Å². The molecule has 0 aromatic heterocycles. The van der Waals surface area contributed by atoms with Crippen molar-refractivity contribution < 1.29 is 18.7 Å². The first-order valence-electron chi connectivity index (χ1n) is 6.42. The molecule has 1 atom stereocenters. The van der Waals surface area contributed by atoms with Gasteiger partial charge in [0.05, 0.1) is 18.1 Å². The first kappa shape index (κ1) is 17.5. The Kier molecular flexibility index (Phi) is 7.78. The molecule has 1 aromatic carbocycles. The maximum atomic E-state index is 12.7. The minimum Gasteiger partial charge on any atom is -0.383 e. The molecule has 7 heteroatoms. The van der Waals surface area contributed by atoms with E-state index in [0.717, 1.165) is 0 Å². The molecule has 5 nitrogen and oxygen atoms in total. The summed E-state index contributed by atoms with van der Waals surface area (Å²) in [6, 6.07) is 5.45. The molecule has 0 saturated heterocycles. The number of anilines is 1. The Morgan fingerprint density at radius 1 is 1.24 bits per heavy atom. The summed E-state index contributed by atoms with van der Waals surface area (Å²) >= 11 is 1.21. The highest BCUT2D eigenvalue weighted by Crippen LogP contribution is 2.09. The fraction of sp³-hybridized carbons (Fsp3) is 0.429. The Labute approximate surface area is 127 Å². The van der Waals surface area contributed by atoms with Crippen LogP contribution in [-0.2, 0) is 14.3 Å². The highest BCUT2D eigenvalue weighted by molar-refractivity contribution is 8.00. The molecular formula is C14H19FN2O3S. The van der Waals surface area contributed by atoms with E-state index >= 15 is 0 Å². The molecule has 0 spiro atoms. The van der Waals surface area contributed by atoms with Gasteiger partial charge >= 0.3 is 0 Å². The maximum absolute atomic E-state index is 12.7. The summed E-state index contributed by atoms with van der Waals surface area (Å²) in [7, 11) is 1.57. The fourth-order valence-corrected chi connectivity index (χ4v) is 2.20. The van der Waals surface area contributed by atoms with Crippen molar-refractivity contribution >= 4 is 29.3 Å². The Morgan fingerprint density at radius 3 is 2.48 bits per heavy atom. The number of halogens is 1. The summed E-state index contributed by atoms with van der Waals surface area (Å²) in [5, 5.41) is 5.38. The fourth-order valence-electron chi connectivity index (χ4n) is 1.57. The lowest BCUT2D eigenvalue weighted by molar-refractivity contribution is -0.119. The largest absolute Gasteiger partial charge is 0.383 e. The third-order valence-corrected chi connectivity index (χ3v) is 3.35. The average molecular weight is 314 g/mol. The summed E-state index contributed by atoms with van der Waals surface area (Å²) in [5.41, 5.74) is 0.528. The second-order valence-corrected chi connectivity index (χ2v) is 5.46. The summed E-state index contributed by atoms with van der Waals surface area (Å²) in [4.78, 5) is 23.2. The van der Waals surface area contributed by atoms with Gasteiger partial charge in [0.1, 0.15) is 5.82 Å². The zero-order valence-corrected chi connectivity index (χ0v) is 12.8. The topological polar surface area (TPSA) is 67.4 Å². The minimum absolute atomic E-state index is 0.0591. The summed E-state index contributed by atoms with van der Waals surface area (Å²) in [6.07, 6.45) is 0. The predicted molar refractivity (Wildman–Crippen MR) is 81.8 cm³/mol. The van der Waals surface area contributed by atoms with Gasteiger partial charge in [0.2, 0.25) is 11.8 Å². The van der Waals surface area contributed by atoms with Crippen LogP contribution < -0.4 is 10.6 Å². The minimum atomic E-state index is -0.357. The van der Waals surface area contributed by atoms with Crippen LogP contribution in [0.4, 0.5) is 10.1 Å². The van der Waals surface area contributed by atoms with Crippen molar-refractivity contribution in [1.82, 2.24) is 5.32 Å². The molecule has 0 aliphatic rings. The Bertz CT molecular complexity index is 468. The lowest BCUT2D eigenvalue weighted by atomic mass is 10.3. The van der Waals surface area contributed by atoms with Gasteiger partial charge in [-0.15, -0.1) is 11.8 Å². The molecule has 116 valence electrons. The lowest BCUT2D eigenvalue weighted by Crippen LogP contribution is -2.36. The molecule has 1 rings (SSSR count). The van der Waals surface area contributed by atoms with Gasteiger partial charge in [-0.25, -0.2) is 4.39 Å². The monoisotopic (exact) mass is 314 g/mol. The number of ether oxygens (including phenoxy) is 1. The second-order valence-electron chi connectivity index (χ2n) is 4.47. The SMILES string of the molecule is COCC(C)NC(=O)CSCC(=O)Nc1ccc(F)cc1. The van der Waals surface area contributed by atoms with Crippen LogP contribution in [0, 0.1) is 5.82 Å². The molecule has 0 radical (unpaired) electrons. The number of thioether (sulfide) groups is 1. The standard InChI is InChI=1S/C14H19FN2O3S/c1-10(7-20-2)16-13(18)8-21-9-14(19)17-12-5-3-11(15)4-6-12/h3-6,10H,7-9H2,1-2H3,(H,16,18)(H,17,19). The quantitative estimate of drug-likeness (QED) is 0.765. The molecular weight excluding hydrogens is 295 g/mol. The molecule has 0 aliphatic carbocycles. The summed E-state index contributed by atoms with van der Waals surface area (Å²) in [5.74, 6) is -0.373. The van der Waals surface area contributed by atoms with E-state index in [1.165, 1.54) is 36.0 Å². The van der Waals surface area contributed by atoms with Crippen molar-refractivity contribution in [1.29, 1.82) is 0 Å². The third-order valence-electron chi connectivity index (χ3n) is 2.42. The van der Waals surface area contributed by atoms with E-state index in [0.29, 0.717) is 12.3 Å². The first-order chi connectivity index (χ1) is 10.0. The van der Waals surface area contributed by atoms with Crippen LogP contribution in [0.1, 0.15) is 6.92 Å². The normalized spacial score (nSPS) is 11.8. The molecule has 0 saturated carbocycles. The number of carbonyl (C=O) groups excluding carboxylic acids is 2. The summed E-state index contributed by atoms with van der Waals surface area (Å²) < 4.78 is 17.6. The van der Waals surface area contributed by atoms with E-state index in [1.54, 1.807) is 7.11 Å². The molecule has 0 aliphatic heterocycles. The van der Waals surface area contributed by atoms with Gasteiger partial charge in [-0.3, -0.25) is 9.59 Å². The van der Waals surface area contributed by atoms with Crippen molar-refractivity contribution in [3.63, 3.8) is 0 Å². The molecule has 0 fully saturated rings. The Balaban J connectivity index is 2.21. The third kappa shape index (κ3) is 7.67. The van der Waals surface area contributed by atoms with Crippen molar-refractivity contribution in [2.45, 2.75) is 13.0 Å². The number of methoxy groups -OCH3 is 1. The molecule has 0 bridgehead atoms. The maximum Gasteiger partial charge on any atom is 0.234 e. The molecule has 0 heterocycles. The number of benzene rings is 1. The highest BCUT2D eigenvalue weighted by Gasteiger charge is 2.09. The molecule has 2 N–H and O–H groups in total. The van der Waals surface area contributed by atoms with Crippen LogP contribution in [-0.4, -0.2) is 43.1 Å². The molecule has 1 aromatic rings. The Hall–Kier alpha value is -1.60. The smallest absolute Gasteiger partial charge is 0.234 e. The average Bonchev–Trinajstić information content (AvgIpc) is 2.41. The molecule has 21 heavy (non-hydrogen) atoms. The van der Waals surface area contributed by atoms with E-state index in [4.69, 9.17) is 4.74 Å². The van der Waals surface area contributed by atoms with Gasteiger partial charge in [-0.1, -0.05) is 0 Å². The number of carbonyl (C=O) groups is 2. The van der Waals surface area contributed by atoms with E-state index in [1.807, 2.05) is 6.92 Å². The van der Waals surface area contributed by atoms with Crippen LogP contribution in [0.25, 0.3) is 0 Å². The lowest BCUT2D eigenvalue weighted by Gasteiger charge is -2.12. The van der Waals surface area contributed by atoms with Crippen LogP contribution in [0.5, 0.6) is 0 Å². The number of hydrogen-bond donors (Lipinski definition) is 2. The highest BCUT2D eigenvalue weighted by atomic mass is 32.2. The van der Waals surface area contributed by atoms with E-state index in [2.05, 4.69) is 10.6 Å². The van der Waals surface area contributed by atoms with Gasteiger partial charge in [-0.2, -0.15) is 0 Å². The van der Waals surface area contributed by atoms with Crippen molar-refractivity contribution in [2.24, 2.45) is 0 Å². The second kappa shape index (κ2) is 9.36. The van der Waals surface area contributed by atoms with Gasteiger partial charge in [0.15, 0.2) is 0 Å². The van der Waals surface area contributed by atoms with Crippen LogP contribution >= 0.6 is 11.8 Å². The van der Waals surface area contributed by atoms with Crippen molar-refractivity contribution in [3.05, 3.63) is 30.1 Å². The van der Waals surface area contributed by atoms with Crippen LogP contribution in [0.15, 0.2) is 24.3 Å². The number of rotatable bonds is 8. The number of nitrogens with one attached hydrogen (secondary N) is 2. The van der Waals surface area contributed by atoms with E-state index < -0.39 is 0 Å². The van der Waals surface area contributed by atoms with Crippen molar-refractivity contribution in [3.8, 4) is 0 Å². The zero-order valence-electron chi connectivity index (χ0n) is 12.0. The molecule has 1 unspecified atom stereocenters. The summed E-state index contributed by atoms with van der Waals surface area (Å²) in [6.45, 7) is 2.29. The number of hydrogen-bond acceptors (Lipinski definition) is 4. The van der Waals surface area contributed by atoms with E-state index in [9.17, 15) is 14.0 Å². The molecule has 2 amide bonds. The number of amides is 2. The Morgan fingerprint density at radius 2 is 1.86 bits per heavy atom. The van der Waals surface area contributed by atoms with Gasteiger partial charge in [0, 0.05) is 18.8 Å². The van der Waals surface area contributed by atoms with Crippen LogP contribution in [0.3, 0.4) is 0 Å². The van der Waals surface area contributed by atoms with Crippen molar-refractivity contribution in [2.75, 3.05) is 30.5 Å². The zero-order chi connectivity index (χ0) is 15.7. The first-order valence-corrected chi connectivity index (χ1v) is 7.58. The van der Waals surface area contributed by atoms with E-state index in [-0.39, 0.29) is 35.2 Å². The van der Waals surface area contributed by atoms with Crippen LogP contribution in [0.2, 0.25) is 0 Å².